The van der Waals surface area contributed by atoms with Crippen LogP contribution in [-0.2, 0) is 4.74 Å². The van der Waals surface area contributed by atoms with E-state index in [1.807, 2.05) is 0 Å². The molecule has 0 saturated carbocycles. The summed E-state index contributed by atoms with van der Waals surface area (Å²) in [5.41, 5.74) is 1.33. The summed E-state index contributed by atoms with van der Waals surface area (Å²) in [7, 11) is 0. The molecule has 0 radical (unpaired) electrons. The number of hydrogen-bond donors (Lipinski definition) is 1. The number of rotatable bonds is 6. The number of halogens is 3. The smallest absolute Gasteiger partial charge is 0.261 e. The molecule has 0 saturated heterocycles. The van der Waals surface area contributed by atoms with Crippen LogP contribution in [0.15, 0.2) is 17.4 Å². The highest BCUT2D eigenvalue weighted by atomic mass is 35.5. The third kappa shape index (κ3) is 3.79. The third-order valence-corrected chi connectivity index (χ3v) is 3.04. The Morgan fingerprint density at radius 2 is 2.33 bits per heavy atom. The van der Waals surface area contributed by atoms with Gasteiger partial charge >= 0.3 is 0 Å². The molecule has 0 aliphatic carbocycles. The van der Waals surface area contributed by atoms with Crippen LogP contribution in [0.2, 0.25) is 5.02 Å². The second-order valence-electron chi connectivity index (χ2n) is 3.38. The second-order valence-corrected chi connectivity index (χ2v) is 4.90. The summed E-state index contributed by atoms with van der Waals surface area (Å²) in [6.07, 6.45) is -0.905. The quantitative estimate of drug-likeness (QED) is 0.657. The van der Waals surface area contributed by atoms with E-state index in [2.05, 4.69) is 15.0 Å². The minimum Gasteiger partial charge on any atom is -0.375 e. The third-order valence-electron chi connectivity index (χ3n) is 1.99. The molecule has 0 atom stereocenters. The largest absolute Gasteiger partial charge is 0.375 e. The summed E-state index contributed by atoms with van der Waals surface area (Å²) < 4.78 is 28.3. The lowest BCUT2D eigenvalue weighted by Gasteiger charge is -2.01. The number of imidazole rings is 1. The second kappa shape index (κ2) is 6.31. The minimum absolute atomic E-state index is 0.250. The number of nitrogens with zero attached hydrogens (tertiary/aromatic N) is 2. The van der Waals surface area contributed by atoms with Crippen LogP contribution in [-0.4, -0.2) is 40.3 Å². The Bertz CT molecular complexity index is 523. The molecule has 1 N–H and O–H groups in total. The fraction of sp³-hybridized carbons (Fsp3) is 0.400. The summed E-state index contributed by atoms with van der Waals surface area (Å²) in [5, 5.41) is 1.20. The van der Waals surface area contributed by atoms with Gasteiger partial charge in [-0.1, -0.05) is 23.4 Å². The van der Waals surface area contributed by atoms with E-state index in [1.54, 1.807) is 6.07 Å². The first-order valence-corrected chi connectivity index (χ1v) is 6.51. The van der Waals surface area contributed by atoms with Gasteiger partial charge in [0.2, 0.25) is 0 Å². The highest BCUT2D eigenvalue weighted by Crippen LogP contribution is 2.20. The molecule has 0 aliphatic heterocycles. The van der Waals surface area contributed by atoms with Gasteiger partial charge in [0.25, 0.3) is 6.43 Å². The molecular formula is C10H10ClF2N3OS. The maximum atomic E-state index is 11.8. The molecule has 0 fully saturated rings. The zero-order chi connectivity index (χ0) is 13.0. The lowest BCUT2D eigenvalue weighted by Crippen LogP contribution is -2.06. The van der Waals surface area contributed by atoms with Crippen LogP contribution in [0.1, 0.15) is 0 Å². The number of aromatic nitrogens is 3. The first kappa shape index (κ1) is 13.5. The van der Waals surface area contributed by atoms with Crippen molar-refractivity contribution in [1.29, 1.82) is 0 Å². The molecule has 2 aromatic rings. The fourth-order valence-corrected chi connectivity index (χ4v) is 2.18. The first-order chi connectivity index (χ1) is 8.65. The van der Waals surface area contributed by atoms with Crippen molar-refractivity contribution >= 4 is 34.5 Å². The van der Waals surface area contributed by atoms with Crippen LogP contribution < -0.4 is 0 Å². The van der Waals surface area contributed by atoms with Gasteiger partial charge in [-0.3, -0.25) is 0 Å². The number of nitrogens with one attached hydrogen (secondary N) is 1. The number of hydrogen-bond acceptors (Lipinski definition) is 4. The molecule has 0 bridgehead atoms. The van der Waals surface area contributed by atoms with Gasteiger partial charge in [0.05, 0.1) is 17.1 Å². The lowest BCUT2D eigenvalue weighted by atomic mass is 10.4. The van der Waals surface area contributed by atoms with Gasteiger partial charge < -0.3 is 9.72 Å². The van der Waals surface area contributed by atoms with Crippen molar-refractivity contribution in [2.24, 2.45) is 0 Å². The van der Waals surface area contributed by atoms with Gasteiger partial charge in [0, 0.05) is 11.9 Å². The summed E-state index contributed by atoms with van der Waals surface area (Å²) in [6.45, 7) is -0.280. The minimum atomic E-state index is -2.42. The van der Waals surface area contributed by atoms with Crippen molar-refractivity contribution in [3.8, 4) is 0 Å². The van der Waals surface area contributed by atoms with Crippen LogP contribution in [0.4, 0.5) is 8.78 Å². The van der Waals surface area contributed by atoms with Crippen molar-refractivity contribution in [2.75, 3.05) is 19.0 Å². The standard InChI is InChI=1S/C10H10ClF2N3OS/c11-6-3-7-9(14-4-6)16-10(15-7)18-2-1-17-5-8(12)13/h3-4,8H,1-2,5H2,(H,14,15,16). The lowest BCUT2D eigenvalue weighted by molar-refractivity contribution is 0.0237. The van der Waals surface area contributed by atoms with Gasteiger partial charge in [-0.2, -0.15) is 0 Å². The van der Waals surface area contributed by atoms with Crippen LogP contribution >= 0.6 is 23.4 Å². The van der Waals surface area contributed by atoms with Crippen molar-refractivity contribution in [2.45, 2.75) is 11.6 Å². The molecule has 4 nitrogen and oxygen atoms in total. The molecular weight excluding hydrogens is 284 g/mol. The zero-order valence-electron chi connectivity index (χ0n) is 9.20. The molecule has 2 heterocycles. The Morgan fingerprint density at radius 3 is 3.11 bits per heavy atom. The van der Waals surface area contributed by atoms with Gasteiger partial charge in [-0.05, 0) is 6.07 Å². The molecule has 2 aromatic heterocycles. The summed E-state index contributed by atoms with van der Waals surface area (Å²) >= 11 is 7.18. The summed E-state index contributed by atoms with van der Waals surface area (Å²) in [6, 6.07) is 1.73. The predicted octanol–water partition coefficient (Wildman–Crippen LogP) is 2.99. The number of aromatic amines is 1. The highest BCUT2D eigenvalue weighted by molar-refractivity contribution is 7.99. The maximum Gasteiger partial charge on any atom is 0.261 e. The van der Waals surface area contributed by atoms with E-state index in [4.69, 9.17) is 16.3 Å². The Balaban J connectivity index is 1.84. The Kier molecular flexibility index (Phi) is 4.73. The maximum absolute atomic E-state index is 11.8. The molecule has 98 valence electrons. The Labute approximate surface area is 111 Å². The normalized spacial score (nSPS) is 11.6. The number of thioether (sulfide) groups is 1. The van der Waals surface area contributed by atoms with Crippen molar-refractivity contribution in [3.05, 3.63) is 17.3 Å². The van der Waals surface area contributed by atoms with Crippen molar-refractivity contribution in [3.63, 3.8) is 0 Å². The Hall–Kier alpha value is -0.920. The van der Waals surface area contributed by atoms with Crippen molar-refractivity contribution < 1.29 is 13.5 Å². The van der Waals surface area contributed by atoms with Crippen LogP contribution in [0.3, 0.4) is 0 Å². The number of pyridine rings is 1. The number of H-pyrrole nitrogens is 1. The predicted molar refractivity (Wildman–Crippen MR) is 66.4 cm³/mol. The van der Waals surface area contributed by atoms with E-state index in [-0.39, 0.29) is 6.61 Å². The van der Waals surface area contributed by atoms with Crippen LogP contribution in [0, 0.1) is 0 Å². The average Bonchev–Trinajstić information content (AvgIpc) is 2.70. The molecule has 0 amide bonds. The van der Waals surface area contributed by atoms with E-state index >= 15 is 0 Å². The van der Waals surface area contributed by atoms with Crippen LogP contribution in [0.25, 0.3) is 11.2 Å². The van der Waals surface area contributed by atoms with Crippen LogP contribution in [0.5, 0.6) is 0 Å². The molecule has 8 heteroatoms. The molecule has 2 rings (SSSR count). The first-order valence-electron chi connectivity index (χ1n) is 5.15. The van der Waals surface area contributed by atoms with Gasteiger partial charge in [-0.25, -0.2) is 18.7 Å². The van der Waals surface area contributed by atoms with E-state index < -0.39 is 13.0 Å². The topological polar surface area (TPSA) is 50.8 Å². The van der Waals surface area contributed by atoms with E-state index in [9.17, 15) is 8.78 Å². The average molecular weight is 294 g/mol. The van der Waals surface area contributed by atoms with Crippen molar-refractivity contribution in [1.82, 2.24) is 15.0 Å². The number of fused-ring (bicyclic) bond motifs is 1. The zero-order valence-corrected chi connectivity index (χ0v) is 10.8. The van der Waals surface area contributed by atoms with E-state index in [0.29, 0.717) is 21.6 Å². The summed E-state index contributed by atoms with van der Waals surface area (Å²) in [5.74, 6) is 0.542. The molecule has 0 spiro atoms. The molecule has 0 aliphatic rings. The number of alkyl halides is 2. The Morgan fingerprint density at radius 1 is 1.50 bits per heavy atom. The molecule has 18 heavy (non-hydrogen) atoms. The van der Waals surface area contributed by atoms with E-state index in [1.165, 1.54) is 18.0 Å². The van der Waals surface area contributed by atoms with Gasteiger partial charge in [0.15, 0.2) is 10.8 Å². The van der Waals surface area contributed by atoms with E-state index in [0.717, 1.165) is 5.52 Å². The molecule has 0 aromatic carbocycles. The van der Waals surface area contributed by atoms with Gasteiger partial charge in [0.1, 0.15) is 6.61 Å². The number of ether oxygens (including phenoxy) is 1. The SMILES string of the molecule is FC(F)COCCSc1nc2ncc(Cl)cc2[nH]1. The molecule has 0 unspecified atom stereocenters. The monoisotopic (exact) mass is 293 g/mol. The summed E-state index contributed by atoms with van der Waals surface area (Å²) in [4.78, 5) is 11.3. The fourth-order valence-electron chi connectivity index (χ4n) is 1.29. The van der Waals surface area contributed by atoms with Gasteiger partial charge in [-0.15, -0.1) is 0 Å². The highest BCUT2D eigenvalue weighted by Gasteiger charge is 2.06.